The number of nitrogens with zero attached hydrogens (tertiary/aromatic N) is 1. The molecule has 3 N–H and O–H groups in total. The van der Waals surface area contributed by atoms with Gasteiger partial charge in [-0.1, -0.05) is 31.9 Å². The van der Waals surface area contributed by atoms with Crippen molar-refractivity contribution in [3.63, 3.8) is 0 Å². The van der Waals surface area contributed by atoms with Crippen LogP contribution in [-0.4, -0.2) is 15.5 Å². The number of fused-ring (bicyclic) bond motifs is 1. The molecule has 0 saturated heterocycles. The zero-order valence-corrected chi connectivity index (χ0v) is 19.1. The second kappa shape index (κ2) is 7.84. The molecule has 7 heteroatoms. The standard InChI is InChI=1S/C10H10BrNOS.C9H12BrNO/c1-10(2)6-12(14)13-9-4-3-7(11)5-8(9)10;1-9(2,12)7-5-6(10)3-4-8(7)11/h3-6H,1-2H3;3-5,12H,11H2,1-2H3. The number of halogens is 2. The van der Waals surface area contributed by atoms with Gasteiger partial charge in [0, 0.05) is 25.8 Å². The lowest BCUT2D eigenvalue weighted by Gasteiger charge is -2.25. The first kappa shape index (κ1) is 21.2. The maximum absolute atomic E-state index is 9.69. The molecule has 0 saturated carbocycles. The van der Waals surface area contributed by atoms with Gasteiger partial charge in [-0.05, 0) is 64.1 Å². The van der Waals surface area contributed by atoms with E-state index >= 15 is 0 Å². The van der Waals surface area contributed by atoms with Gasteiger partial charge in [-0.25, -0.2) is 0 Å². The van der Waals surface area contributed by atoms with E-state index in [1.54, 1.807) is 19.9 Å². The van der Waals surface area contributed by atoms with E-state index in [4.69, 9.17) is 23.4 Å². The molecule has 26 heavy (non-hydrogen) atoms. The van der Waals surface area contributed by atoms with Crippen LogP contribution in [0.4, 0.5) is 5.69 Å². The molecule has 0 amide bonds. The maximum Gasteiger partial charge on any atom is 0.206 e. The minimum atomic E-state index is -0.881. The molecule has 1 heterocycles. The first-order valence-electron chi connectivity index (χ1n) is 7.98. The topological polar surface area (TPSA) is 58.5 Å². The van der Waals surface area contributed by atoms with Crippen molar-refractivity contribution < 1.29 is 14.1 Å². The Kier molecular flexibility index (Phi) is 6.38. The third-order valence-electron chi connectivity index (χ3n) is 3.93. The summed E-state index contributed by atoms with van der Waals surface area (Å²) in [6.07, 6.45) is 1.89. The summed E-state index contributed by atoms with van der Waals surface area (Å²) in [6.45, 7) is 7.65. The van der Waals surface area contributed by atoms with Gasteiger partial charge in [0.1, 0.15) is 0 Å². The molecule has 0 radical (unpaired) electrons. The molecule has 3 rings (SSSR count). The number of nitrogen functional groups attached to an aromatic ring is 1. The predicted molar refractivity (Wildman–Crippen MR) is 115 cm³/mol. The van der Waals surface area contributed by atoms with Gasteiger partial charge in [0.05, 0.1) is 11.0 Å². The monoisotopic (exact) mass is 500 g/mol. The van der Waals surface area contributed by atoms with E-state index in [1.807, 2.05) is 30.5 Å². The smallest absolute Gasteiger partial charge is 0.206 e. The van der Waals surface area contributed by atoms with Crippen LogP contribution in [0.25, 0.3) is 0 Å². The van der Waals surface area contributed by atoms with E-state index in [2.05, 4.69) is 51.8 Å². The number of aliphatic hydroxyl groups is 1. The van der Waals surface area contributed by atoms with Crippen LogP contribution >= 0.6 is 31.9 Å². The van der Waals surface area contributed by atoms with Crippen molar-refractivity contribution in [1.29, 1.82) is 0 Å². The van der Waals surface area contributed by atoms with Crippen molar-refractivity contribution in [2.24, 2.45) is 0 Å². The Morgan fingerprint density at radius 1 is 1.12 bits per heavy atom. The fourth-order valence-corrected chi connectivity index (χ4v) is 3.67. The molecule has 140 valence electrons. The average Bonchev–Trinajstić information content (AvgIpc) is 2.49. The number of hydrogen-bond acceptors (Lipinski definition) is 4. The summed E-state index contributed by atoms with van der Waals surface area (Å²) in [4.78, 5) is 5.39. The lowest BCUT2D eigenvalue weighted by Crippen LogP contribution is -2.31. The van der Waals surface area contributed by atoms with E-state index in [-0.39, 0.29) is 5.41 Å². The Bertz CT molecular complexity index is 846. The molecule has 1 aliphatic rings. The molecular weight excluding hydrogens is 480 g/mol. The van der Waals surface area contributed by atoms with Crippen LogP contribution in [0.1, 0.15) is 38.8 Å². The molecule has 0 aromatic heterocycles. The highest BCUT2D eigenvalue weighted by Gasteiger charge is 2.31. The second-order valence-electron chi connectivity index (χ2n) is 7.16. The van der Waals surface area contributed by atoms with Gasteiger partial charge in [0.15, 0.2) is 6.21 Å². The molecule has 0 atom stereocenters. The van der Waals surface area contributed by atoms with Crippen LogP contribution in [0.2, 0.25) is 0 Å². The number of nitrogens with two attached hydrogens (primary N) is 1. The Hall–Kier alpha value is -1.15. The first-order chi connectivity index (χ1) is 11.9. The van der Waals surface area contributed by atoms with Crippen molar-refractivity contribution in [2.75, 3.05) is 5.73 Å². The molecule has 4 nitrogen and oxygen atoms in total. The fourth-order valence-electron chi connectivity index (χ4n) is 2.60. The number of hydrogen-bond donors (Lipinski definition) is 2. The molecule has 0 bridgehead atoms. The summed E-state index contributed by atoms with van der Waals surface area (Å²) < 4.78 is 3.32. The van der Waals surface area contributed by atoms with Crippen LogP contribution < -0.4 is 10.6 Å². The Balaban J connectivity index is 0.000000190. The molecule has 0 unspecified atom stereocenters. The van der Waals surface area contributed by atoms with E-state index < -0.39 is 5.60 Å². The zero-order chi connectivity index (χ0) is 19.7. The van der Waals surface area contributed by atoms with Crippen molar-refractivity contribution in [3.8, 4) is 5.75 Å². The van der Waals surface area contributed by atoms with Crippen molar-refractivity contribution in [3.05, 3.63) is 56.5 Å². The van der Waals surface area contributed by atoms with E-state index in [0.29, 0.717) is 5.69 Å². The largest absolute Gasteiger partial charge is 0.398 e. The van der Waals surface area contributed by atoms with Crippen molar-refractivity contribution >= 4 is 56.6 Å². The van der Waals surface area contributed by atoms with Gasteiger partial charge in [-0.3, -0.25) is 4.84 Å². The van der Waals surface area contributed by atoms with Crippen LogP contribution in [-0.2, 0) is 23.8 Å². The summed E-state index contributed by atoms with van der Waals surface area (Å²) in [5, 5.41) is 9.69. The fraction of sp³-hybridized carbons (Fsp3) is 0.316. The maximum atomic E-state index is 9.69. The highest BCUT2D eigenvalue weighted by Crippen LogP contribution is 2.35. The summed E-state index contributed by atoms with van der Waals surface area (Å²) in [5.41, 5.74) is 7.24. The van der Waals surface area contributed by atoms with Crippen molar-refractivity contribution in [2.45, 2.75) is 38.7 Å². The first-order valence-corrected chi connectivity index (χ1v) is 9.93. The summed E-state index contributed by atoms with van der Waals surface area (Å²) >= 11 is 11.8. The van der Waals surface area contributed by atoms with E-state index in [9.17, 15) is 5.11 Å². The van der Waals surface area contributed by atoms with Crippen LogP contribution in [0.5, 0.6) is 5.75 Å². The predicted octanol–water partition coefficient (Wildman–Crippen LogP) is 4.84. The van der Waals surface area contributed by atoms with Crippen LogP contribution in [0, 0.1) is 0 Å². The van der Waals surface area contributed by atoms with E-state index in [0.717, 1.165) is 25.8 Å². The number of anilines is 1. The van der Waals surface area contributed by atoms with Gasteiger partial charge in [0.25, 0.3) is 0 Å². The summed E-state index contributed by atoms with van der Waals surface area (Å²) in [7, 11) is 0. The minimum absolute atomic E-state index is 0.0842. The number of benzene rings is 2. The molecule has 2 aromatic rings. The molecular formula is C19H22Br2N2O2S. The van der Waals surface area contributed by atoms with Gasteiger partial charge in [-0.15, -0.1) is 4.14 Å². The zero-order valence-electron chi connectivity index (χ0n) is 15.1. The Labute approximate surface area is 176 Å². The lowest BCUT2D eigenvalue weighted by molar-refractivity contribution is -0.611. The van der Waals surface area contributed by atoms with Crippen LogP contribution in [0.15, 0.2) is 45.3 Å². The second-order valence-corrected chi connectivity index (χ2v) is 9.35. The highest BCUT2D eigenvalue weighted by molar-refractivity contribution is 9.10. The molecule has 0 fully saturated rings. The quantitative estimate of drug-likeness (QED) is 0.333. The van der Waals surface area contributed by atoms with Gasteiger partial charge in [-0.2, -0.15) is 0 Å². The Morgan fingerprint density at radius 2 is 1.69 bits per heavy atom. The van der Waals surface area contributed by atoms with Crippen LogP contribution in [0.3, 0.4) is 0 Å². The summed E-state index contributed by atoms with van der Waals surface area (Å²) in [5.74, 6) is 0.829. The van der Waals surface area contributed by atoms with E-state index in [1.165, 1.54) is 4.14 Å². The average molecular weight is 502 g/mol. The minimum Gasteiger partial charge on any atom is -0.398 e. The number of rotatable bonds is 1. The third kappa shape index (κ3) is 5.19. The van der Waals surface area contributed by atoms with Gasteiger partial charge >= 0.3 is 0 Å². The lowest BCUT2D eigenvalue weighted by atomic mass is 9.85. The third-order valence-corrected chi connectivity index (χ3v) is 5.09. The highest BCUT2D eigenvalue weighted by atomic mass is 79.9. The SMILES string of the molecule is CC(C)(O)c1cc(Br)ccc1N.CC1(C)C=[N+]([S-])Oc2ccc(Br)cc21. The molecule has 2 aromatic carbocycles. The summed E-state index contributed by atoms with van der Waals surface area (Å²) in [6, 6.07) is 11.4. The van der Waals surface area contributed by atoms with Crippen molar-refractivity contribution in [1.82, 2.24) is 0 Å². The normalized spacial score (nSPS) is 15.1. The van der Waals surface area contributed by atoms with Gasteiger partial charge in [0.2, 0.25) is 5.75 Å². The van der Waals surface area contributed by atoms with Gasteiger partial charge < -0.3 is 23.7 Å². The molecule has 1 aliphatic heterocycles. The Morgan fingerprint density at radius 3 is 2.27 bits per heavy atom. The molecule has 0 spiro atoms. The molecule has 0 aliphatic carbocycles.